The van der Waals surface area contributed by atoms with Gasteiger partial charge in [-0.15, -0.1) is 0 Å². The molecule has 0 bridgehead atoms. The molecule has 0 unspecified atom stereocenters. The molecule has 0 saturated heterocycles. The van der Waals surface area contributed by atoms with Crippen LogP contribution >= 0.6 is 59.9 Å². The van der Waals surface area contributed by atoms with Crippen LogP contribution in [-0.4, -0.2) is 82.9 Å². The van der Waals surface area contributed by atoms with E-state index in [-0.39, 0.29) is 28.5 Å². The number of benzene rings is 6. The maximum atomic E-state index is 12.9. The zero-order chi connectivity index (χ0) is 65.8. The number of nitrogens with one attached hydrogen (secondary N) is 9. The second-order valence-corrected chi connectivity index (χ2v) is 22.2. The number of carbonyl (C=O) groups excluding carboxylic acids is 3. The predicted octanol–water partition coefficient (Wildman–Crippen LogP) is 14.9. The molecule has 0 fully saturated rings. The van der Waals surface area contributed by atoms with Crippen LogP contribution in [0.15, 0.2) is 219 Å². The van der Waals surface area contributed by atoms with Gasteiger partial charge in [0.15, 0.2) is 15.3 Å². The lowest BCUT2D eigenvalue weighted by molar-refractivity contribution is -0.137. The summed E-state index contributed by atoms with van der Waals surface area (Å²) >= 11 is 28.1. The van der Waals surface area contributed by atoms with E-state index in [4.69, 9.17) is 59.9 Å². The lowest BCUT2D eigenvalue weighted by atomic mass is 10.2. The first-order valence-corrected chi connectivity index (χ1v) is 30.1. The summed E-state index contributed by atoms with van der Waals surface area (Å²) in [6.07, 6.45) is 6.18. The van der Waals surface area contributed by atoms with Gasteiger partial charge in [0.25, 0.3) is 17.7 Å². The van der Waals surface area contributed by atoms with Crippen LogP contribution in [0.4, 0.5) is 47.3 Å². The number of amides is 3. The minimum absolute atomic E-state index is 0.164. The number of nitrogens with zero attached hydrogens (tertiary/aromatic N) is 6. The van der Waals surface area contributed by atoms with Crippen molar-refractivity contribution in [1.82, 2.24) is 44.6 Å². The summed E-state index contributed by atoms with van der Waals surface area (Å²) in [5.41, 5.74) is 10.00. The van der Waals surface area contributed by atoms with Gasteiger partial charge in [0.2, 0.25) is 0 Å². The molecule has 3 amide bonds. The van der Waals surface area contributed by atoms with Crippen LogP contribution in [0, 0.1) is 0 Å². The Bertz CT molecular complexity index is 4790. The number of hydrogen-bond donors (Lipinski definition) is 9. The SMILES string of the molecule is CNC(=O)c1cc(-n2ccc3cc(NC(=S)Nc4ccc(Cl)c(Cl)c4)ccc32)ccn1.CNC(=O)c1cc(-n2ccc3cc(NC(=S)Nc4cccc(C(F)(F)F)c4)ccc32)ccn1.CNC(=O)c1cc(-n2ccc3cc(NC(=S)Nc4ccccc4)ccc32)ccn1. The molecule has 93 heavy (non-hydrogen) atoms. The average molecular weight is 1340 g/mol. The van der Waals surface area contributed by atoms with Gasteiger partial charge >= 0.3 is 6.18 Å². The van der Waals surface area contributed by atoms with Crippen molar-refractivity contribution in [2.75, 3.05) is 53.0 Å². The van der Waals surface area contributed by atoms with E-state index in [2.05, 4.69) is 62.8 Å². The minimum atomic E-state index is -4.43. The number of hydrogen-bond acceptors (Lipinski definition) is 9. The fraction of sp³-hybridized carbons (Fsp3) is 0.0597. The van der Waals surface area contributed by atoms with Gasteiger partial charge in [-0.2, -0.15) is 13.2 Å². The molecule has 6 aromatic heterocycles. The van der Waals surface area contributed by atoms with Gasteiger partial charge in [0, 0.05) is 126 Å². The van der Waals surface area contributed by atoms with E-state index >= 15 is 0 Å². The van der Waals surface area contributed by atoms with Crippen molar-refractivity contribution in [3.8, 4) is 17.1 Å². The van der Waals surface area contributed by atoms with Gasteiger partial charge in [-0.05, 0) is 194 Å². The van der Waals surface area contributed by atoms with E-state index < -0.39 is 11.7 Å². The summed E-state index contributed by atoms with van der Waals surface area (Å²) in [7, 11) is 4.72. The smallest absolute Gasteiger partial charge is 0.354 e. The van der Waals surface area contributed by atoms with Crippen LogP contribution in [0.25, 0.3) is 49.8 Å². The molecule has 26 heteroatoms. The number of thiocarbonyl (C=S) groups is 3. The van der Waals surface area contributed by atoms with E-state index in [9.17, 15) is 27.6 Å². The minimum Gasteiger partial charge on any atom is -0.354 e. The van der Waals surface area contributed by atoms with Gasteiger partial charge in [0.1, 0.15) is 17.1 Å². The number of halogens is 5. The number of fused-ring (bicyclic) bond motifs is 3. The monoisotopic (exact) mass is 1340 g/mol. The standard InChI is InChI=1S/C23H18F3N5OS.C22H17Cl2N5OS.C22H19N5OS/c1-27-21(32)19-13-18(7-9-28-19)31-10-8-14-11-17(5-6-20(14)31)30-22(33)29-16-4-2-3-15(12-16)23(24,25)26;1-25-21(30)19-12-16(6-8-26-19)29-9-7-13-10-14(3-5-20(13)29)27-22(31)28-15-2-4-17(23)18(24)11-15;1-23-21(28)19-14-18(9-11-24-19)27-12-10-15-13-17(7-8-20(15)27)26-22(29)25-16-5-3-2-4-6-16/h2-13H,1H3,(H,27,32)(H2,29,30,33);2-12H,1H3,(H,25,30)(H2,27,28,31);2-14H,1H3,(H,23,28)(H2,25,26,29). The van der Waals surface area contributed by atoms with Crippen molar-refractivity contribution in [2.24, 2.45) is 0 Å². The van der Waals surface area contributed by atoms with Crippen LogP contribution in [0.3, 0.4) is 0 Å². The fourth-order valence-corrected chi connectivity index (χ4v) is 10.6. The zero-order valence-corrected chi connectivity index (χ0v) is 53.3. The van der Waals surface area contributed by atoms with E-state index in [1.165, 1.54) is 12.1 Å². The topological polar surface area (TPSA) is 213 Å². The Labute approximate surface area is 556 Å². The second kappa shape index (κ2) is 29.5. The Morgan fingerprint density at radius 2 is 0.731 bits per heavy atom. The van der Waals surface area contributed by atoms with Crippen molar-refractivity contribution < 1.29 is 27.6 Å². The van der Waals surface area contributed by atoms with E-state index in [1.54, 1.807) is 88.3 Å². The summed E-state index contributed by atoms with van der Waals surface area (Å²) < 4.78 is 44.7. The summed E-state index contributed by atoms with van der Waals surface area (Å²) in [4.78, 5) is 48.0. The first-order valence-electron chi connectivity index (χ1n) is 28.1. The number of aromatic nitrogens is 6. The highest BCUT2D eigenvalue weighted by Gasteiger charge is 2.30. The molecule has 468 valence electrons. The highest BCUT2D eigenvalue weighted by atomic mass is 35.5. The Balaban J connectivity index is 0.000000153. The Kier molecular flexibility index (Phi) is 20.7. The van der Waals surface area contributed by atoms with Gasteiger partial charge in [0.05, 0.1) is 32.2 Å². The quantitative estimate of drug-likeness (QED) is 0.0521. The molecule has 9 N–H and O–H groups in total. The molecule has 0 saturated carbocycles. The Hall–Kier alpha value is -10.8. The third-order valence-electron chi connectivity index (χ3n) is 13.9. The first kappa shape index (κ1) is 65.2. The number of alkyl halides is 3. The molecule has 12 rings (SSSR count). The third kappa shape index (κ3) is 16.4. The first-order chi connectivity index (χ1) is 44.8. The molecule has 0 aliphatic heterocycles. The van der Waals surface area contributed by atoms with Crippen molar-refractivity contribution in [3.63, 3.8) is 0 Å². The summed E-state index contributed by atoms with van der Waals surface area (Å²) in [6, 6.07) is 54.0. The molecule has 6 heterocycles. The van der Waals surface area contributed by atoms with Crippen LogP contribution in [0.5, 0.6) is 0 Å². The van der Waals surface area contributed by atoms with Gasteiger partial charge < -0.3 is 61.6 Å². The molecule has 0 radical (unpaired) electrons. The summed E-state index contributed by atoms with van der Waals surface area (Å²) in [5.74, 6) is -0.719. The Morgan fingerprint density at radius 1 is 0.387 bits per heavy atom. The maximum Gasteiger partial charge on any atom is 0.416 e. The molecule has 12 aromatic rings. The lowest BCUT2D eigenvalue weighted by Gasteiger charge is -2.13. The molecule has 0 aliphatic rings. The zero-order valence-electron chi connectivity index (χ0n) is 49.3. The molecule has 0 atom stereocenters. The highest BCUT2D eigenvalue weighted by molar-refractivity contribution is 7.81. The van der Waals surface area contributed by atoms with Crippen LogP contribution < -0.4 is 47.9 Å². The predicted molar refractivity (Wildman–Crippen MR) is 377 cm³/mol. The number of carbonyl (C=O) groups is 3. The van der Waals surface area contributed by atoms with E-state index in [0.717, 1.165) is 84.7 Å². The fourth-order valence-electron chi connectivity index (χ4n) is 9.55. The van der Waals surface area contributed by atoms with Gasteiger partial charge in [-0.25, -0.2) is 0 Å². The molecule has 0 spiro atoms. The van der Waals surface area contributed by atoms with Crippen molar-refractivity contribution in [3.05, 3.63) is 252 Å². The molecule has 0 aliphatic carbocycles. The number of para-hydroxylation sites is 1. The number of anilines is 6. The lowest BCUT2D eigenvalue weighted by Crippen LogP contribution is -2.19. The number of rotatable bonds is 12. The highest BCUT2D eigenvalue weighted by Crippen LogP contribution is 2.32. The van der Waals surface area contributed by atoms with E-state index in [0.29, 0.717) is 43.0 Å². The van der Waals surface area contributed by atoms with Crippen LogP contribution in [0.2, 0.25) is 10.0 Å². The summed E-state index contributed by atoms with van der Waals surface area (Å²) in [6.45, 7) is 0. The van der Waals surface area contributed by atoms with Crippen LogP contribution in [-0.2, 0) is 6.18 Å². The normalized spacial score (nSPS) is 10.8. The van der Waals surface area contributed by atoms with E-state index in [1.807, 2.05) is 141 Å². The van der Waals surface area contributed by atoms with Crippen molar-refractivity contribution >= 4 is 160 Å². The molecular formula is C67H54Cl2F3N15O3S3. The molecule has 6 aromatic carbocycles. The maximum absolute atomic E-state index is 12.9. The van der Waals surface area contributed by atoms with Gasteiger partial charge in [-0.1, -0.05) is 47.5 Å². The van der Waals surface area contributed by atoms with Crippen molar-refractivity contribution in [1.29, 1.82) is 0 Å². The second-order valence-electron chi connectivity index (χ2n) is 20.1. The van der Waals surface area contributed by atoms with Gasteiger partial charge in [-0.3, -0.25) is 29.3 Å². The average Bonchev–Trinajstić information content (AvgIpc) is 1.71. The molecular weight excluding hydrogens is 1290 g/mol. The number of pyridine rings is 3. The summed E-state index contributed by atoms with van der Waals surface area (Å²) in [5, 5.41) is 31.2. The molecule has 18 nitrogen and oxygen atoms in total. The third-order valence-corrected chi connectivity index (χ3v) is 15.3. The Morgan fingerprint density at radius 3 is 1.10 bits per heavy atom. The largest absolute Gasteiger partial charge is 0.416 e. The van der Waals surface area contributed by atoms with Crippen molar-refractivity contribution in [2.45, 2.75) is 6.18 Å². The van der Waals surface area contributed by atoms with Crippen LogP contribution in [0.1, 0.15) is 37.0 Å².